The highest BCUT2D eigenvalue weighted by Gasteiger charge is 2.19. The molecule has 3 N–H and O–H groups in total. The molecule has 0 amide bonds. The summed E-state index contributed by atoms with van der Waals surface area (Å²) in [5.41, 5.74) is 7.28. The molecule has 0 spiro atoms. The molecule has 0 aliphatic rings. The van der Waals surface area contributed by atoms with Crippen LogP contribution in [0.5, 0.6) is 0 Å². The third-order valence-electron chi connectivity index (χ3n) is 2.95. The Morgan fingerprint density at radius 3 is 2.60 bits per heavy atom. The Kier molecular flexibility index (Phi) is 4.09. The summed E-state index contributed by atoms with van der Waals surface area (Å²) >= 11 is 0. The molecule has 1 aromatic rings. The van der Waals surface area contributed by atoms with Gasteiger partial charge in [0.1, 0.15) is 5.82 Å². The van der Waals surface area contributed by atoms with Crippen molar-refractivity contribution in [1.29, 1.82) is 0 Å². The van der Waals surface area contributed by atoms with Gasteiger partial charge in [0.25, 0.3) is 0 Å². The highest BCUT2D eigenvalue weighted by atomic mass is 15.0. The van der Waals surface area contributed by atoms with E-state index in [1.165, 1.54) is 5.56 Å². The average molecular weight is 207 g/mol. The van der Waals surface area contributed by atoms with Crippen LogP contribution >= 0.6 is 0 Å². The zero-order chi connectivity index (χ0) is 11.3. The molecule has 0 aliphatic heterocycles. The van der Waals surface area contributed by atoms with Crippen molar-refractivity contribution in [3.05, 3.63) is 23.9 Å². The maximum atomic E-state index is 6.19. The van der Waals surface area contributed by atoms with Gasteiger partial charge in [0.2, 0.25) is 0 Å². The van der Waals surface area contributed by atoms with Crippen LogP contribution in [0.3, 0.4) is 0 Å². The monoisotopic (exact) mass is 207 g/mol. The first-order valence-electron chi connectivity index (χ1n) is 5.55. The molecule has 1 aromatic heterocycles. The van der Waals surface area contributed by atoms with Gasteiger partial charge in [0.05, 0.1) is 0 Å². The van der Waals surface area contributed by atoms with Gasteiger partial charge in [-0.3, -0.25) is 0 Å². The second kappa shape index (κ2) is 5.12. The summed E-state index contributed by atoms with van der Waals surface area (Å²) < 4.78 is 0. The van der Waals surface area contributed by atoms with E-state index in [0.29, 0.717) is 0 Å². The molecule has 3 heteroatoms. The van der Waals surface area contributed by atoms with Gasteiger partial charge in [-0.15, -0.1) is 0 Å². The Labute approximate surface area is 92.1 Å². The topological polar surface area (TPSA) is 50.9 Å². The van der Waals surface area contributed by atoms with Crippen molar-refractivity contribution in [3.8, 4) is 0 Å². The normalized spacial score (nSPS) is 11.5. The van der Waals surface area contributed by atoms with Crippen LogP contribution in [-0.2, 0) is 0 Å². The highest BCUT2D eigenvalue weighted by molar-refractivity contribution is 5.37. The second-order valence-corrected chi connectivity index (χ2v) is 4.14. The second-order valence-electron chi connectivity index (χ2n) is 4.14. The number of hydrogen-bond donors (Lipinski definition) is 2. The Hall–Kier alpha value is -1.09. The minimum Gasteiger partial charge on any atom is -0.368 e. The zero-order valence-electron chi connectivity index (χ0n) is 9.88. The Morgan fingerprint density at radius 2 is 2.07 bits per heavy atom. The largest absolute Gasteiger partial charge is 0.368 e. The molecular formula is C12H21N3. The molecule has 84 valence electrons. The van der Waals surface area contributed by atoms with Gasteiger partial charge in [-0.2, -0.15) is 0 Å². The van der Waals surface area contributed by atoms with Crippen LogP contribution in [0.1, 0.15) is 32.3 Å². The van der Waals surface area contributed by atoms with Crippen molar-refractivity contribution in [1.82, 2.24) is 4.98 Å². The third kappa shape index (κ3) is 3.51. The van der Waals surface area contributed by atoms with E-state index >= 15 is 0 Å². The lowest BCUT2D eigenvalue weighted by molar-refractivity contribution is 0.418. The predicted octanol–water partition coefficient (Wildman–Crippen LogP) is 2.32. The fourth-order valence-electron chi connectivity index (χ4n) is 1.40. The van der Waals surface area contributed by atoms with E-state index in [1.807, 2.05) is 18.3 Å². The lowest BCUT2D eigenvalue weighted by Gasteiger charge is -2.27. The van der Waals surface area contributed by atoms with Crippen molar-refractivity contribution in [2.24, 2.45) is 5.73 Å². The molecule has 0 radical (unpaired) electrons. The molecule has 15 heavy (non-hydrogen) atoms. The van der Waals surface area contributed by atoms with Crippen LogP contribution in [0.25, 0.3) is 0 Å². The van der Waals surface area contributed by atoms with E-state index in [4.69, 9.17) is 5.73 Å². The minimum absolute atomic E-state index is 0.120. The smallest absolute Gasteiger partial charge is 0.126 e. The van der Waals surface area contributed by atoms with Crippen LogP contribution in [0.15, 0.2) is 18.3 Å². The average Bonchev–Trinajstić information content (AvgIpc) is 2.26. The third-order valence-corrected chi connectivity index (χ3v) is 2.95. The molecule has 1 heterocycles. The quantitative estimate of drug-likeness (QED) is 0.779. The summed E-state index contributed by atoms with van der Waals surface area (Å²) in [6.07, 6.45) is 3.76. The van der Waals surface area contributed by atoms with Crippen molar-refractivity contribution < 1.29 is 0 Å². The lowest BCUT2D eigenvalue weighted by Crippen LogP contribution is -2.45. The number of pyridine rings is 1. The fourth-order valence-corrected chi connectivity index (χ4v) is 1.40. The van der Waals surface area contributed by atoms with E-state index in [9.17, 15) is 0 Å². The number of aryl methyl sites for hydroxylation is 1. The van der Waals surface area contributed by atoms with Crippen molar-refractivity contribution in [3.63, 3.8) is 0 Å². The van der Waals surface area contributed by atoms with Crippen molar-refractivity contribution >= 4 is 5.82 Å². The summed E-state index contributed by atoms with van der Waals surface area (Å²) in [7, 11) is 0. The highest BCUT2D eigenvalue weighted by Crippen LogP contribution is 2.13. The Balaban J connectivity index is 2.56. The van der Waals surface area contributed by atoms with E-state index in [1.54, 1.807) is 0 Å². The van der Waals surface area contributed by atoms with Crippen molar-refractivity contribution in [2.45, 2.75) is 39.2 Å². The first-order chi connectivity index (χ1) is 7.09. The first kappa shape index (κ1) is 12.0. The molecule has 3 nitrogen and oxygen atoms in total. The van der Waals surface area contributed by atoms with Gasteiger partial charge >= 0.3 is 0 Å². The van der Waals surface area contributed by atoms with Crippen LogP contribution in [0.4, 0.5) is 5.82 Å². The van der Waals surface area contributed by atoms with Crippen LogP contribution in [-0.4, -0.2) is 17.1 Å². The predicted molar refractivity (Wildman–Crippen MR) is 65.0 cm³/mol. The van der Waals surface area contributed by atoms with Gasteiger partial charge in [-0.25, -0.2) is 4.98 Å². The number of anilines is 1. The molecule has 0 bridgehead atoms. The number of hydrogen-bond acceptors (Lipinski definition) is 3. The molecule has 0 aliphatic carbocycles. The molecule has 0 saturated heterocycles. The fraction of sp³-hybridized carbons (Fsp3) is 0.583. The van der Waals surface area contributed by atoms with E-state index < -0.39 is 0 Å². The molecule has 0 unspecified atom stereocenters. The number of nitrogens with one attached hydrogen (secondary N) is 1. The summed E-state index contributed by atoms with van der Waals surface area (Å²) in [6, 6.07) is 4.02. The Bertz CT molecular complexity index is 305. The standard InChI is InChI=1S/C12H21N3/c1-4-12(13,5-2)9-15-11-8-10(3)6-7-14-11/h6-8H,4-5,9,13H2,1-3H3,(H,14,15). The number of rotatable bonds is 5. The molecule has 0 saturated carbocycles. The maximum absolute atomic E-state index is 6.19. The lowest BCUT2D eigenvalue weighted by atomic mass is 9.94. The van der Waals surface area contributed by atoms with Gasteiger partial charge in [-0.1, -0.05) is 13.8 Å². The van der Waals surface area contributed by atoms with Gasteiger partial charge in [0, 0.05) is 18.3 Å². The van der Waals surface area contributed by atoms with E-state index in [-0.39, 0.29) is 5.54 Å². The summed E-state index contributed by atoms with van der Waals surface area (Å²) in [5, 5.41) is 3.29. The van der Waals surface area contributed by atoms with Crippen LogP contribution < -0.4 is 11.1 Å². The molecule has 1 rings (SSSR count). The SMILES string of the molecule is CCC(N)(CC)CNc1cc(C)ccn1. The molecule has 0 aromatic carbocycles. The van der Waals surface area contributed by atoms with E-state index in [0.717, 1.165) is 25.2 Å². The van der Waals surface area contributed by atoms with Gasteiger partial charge in [0.15, 0.2) is 0 Å². The summed E-state index contributed by atoms with van der Waals surface area (Å²) in [5.74, 6) is 0.909. The summed E-state index contributed by atoms with van der Waals surface area (Å²) in [4.78, 5) is 4.24. The number of nitrogens with two attached hydrogens (primary N) is 1. The minimum atomic E-state index is -0.120. The molecule has 0 fully saturated rings. The molecular weight excluding hydrogens is 186 g/mol. The zero-order valence-corrected chi connectivity index (χ0v) is 9.88. The van der Waals surface area contributed by atoms with Crippen molar-refractivity contribution in [2.75, 3.05) is 11.9 Å². The summed E-state index contributed by atoms with van der Waals surface area (Å²) in [6.45, 7) is 7.07. The van der Waals surface area contributed by atoms with Crippen LogP contribution in [0.2, 0.25) is 0 Å². The van der Waals surface area contributed by atoms with Gasteiger partial charge in [-0.05, 0) is 37.5 Å². The van der Waals surface area contributed by atoms with Crippen LogP contribution in [0, 0.1) is 6.92 Å². The molecule has 0 atom stereocenters. The first-order valence-corrected chi connectivity index (χ1v) is 5.55. The van der Waals surface area contributed by atoms with Gasteiger partial charge < -0.3 is 11.1 Å². The van der Waals surface area contributed by atoms with E-state index in [2.05, 4.69) is 31.1 Å². The number of aromatic nitrogens is 1. The maximum Gasteiger partial charge on any atom is 0.126 e. The Morgan fingerprint density at radius 1 is 1.40 bits per heavy atom. The number of nitrogens with zero attached hydrogens (tertiary/aromatic N) is 1.